The molecule has 0 aliphatic rings. The summed E-state index contributed by atoms with van der Waals surface area (Å²) in [4.78, 5) is 2.27. The normalized spacial score (nSPS) is 12.7. The van der Waals surface area contributed by atoms with Gasteiger partial charge in [0, 0.05) is 21.4 Å². The lowest BCUT2D eigenvalue weighted by Crippen LogP contribution is -2.19. The summed E-state index contributed by atoms with van der Waals surface area (Å²) in [6, 6.07) is 6.59. The molecular formula is C14H14BrF2NS. The van der Waals surface area contributed by atoms with Crippen molar-refractivity contribution < 1.29 is 8.78 Å². The van der Waals surface area contributed by atoms with Crippen molar-refractivity contribution in [2.24, 2.45) is 0 Å². The molecule has 0 radical (unpaired) electrons. The highest BCUT2D eigenvalue weighted by Crippen LogP contribution is 2.29. The first-order valence-electron chi connectivity index (χ1n) is 5.89. The van der Waals surface area contributed by atoms with Crippen molar-refractivity contribution in [3.05, 3.63) is 55.7 Å². The van der Waals surface area contributed by atoms with Crippen molar-refractivity contribution in [1.82, 2.24) is 5.32 Å². The summed E-state index contributed by atoms with van der Waals surface area (Å²) in [5.41, 5.74) is 0.111. The summed E-state index contributed by atoms with van der Waals surface area (Å²) < 4.78 is 28.0. The number of nitrogens with one attached hydrogen (secondary N) is 1. The van der Waals surface area contributed by atoms with Crippen LogP contribution in [0.5, 0.6) is 0 Å². The number of aryl methyl sites for hydroxylation is 1. The van der Waals surface area contributed by atoms with E-state index in [1.165, 1.54) is 17.0 Å². The van der Waals surface area contributed by atoms with Gasteiger partial charge in [0.2, 0.25) is 0 Å². The van der Waals surface area contributed by atoms with E-state index in [1.54, 1.807) is 18.4 Å². The van der Waals surface area contributed by atoms with Crippen LogP contribution in [0.25, 0.3) is 0 Å². The Morgan fingerprint density at radius 3 is 2.58 bits per heavy atom. The molecule has 0 saturated heterocycles. The summed E-state index contributed by atoms with van der Waals surface area (Å²) in [6.45, 7) is 2.02. The molecule has 1 N–H and O–H groups in total. The van der Waals surface area contributed by atoms with Crippen LogP contribution in [0.4, 0.5) is 8.78 Å². The zero-order chi connectivity index (χ0) is 14.0. The van der Waals surface area contributed by atoms with Crippen LogP contribution in [0.1, 0.15) is 21.4 Å². The van der Waals surface area contributed by atoms with Gasteiger partial charge in [0.25, 0.3) is 0 Å². The van der Waals surface area contributed by atoms with Crippen molar-refractivity contribution >= 4 is 27.3 Å². The average Bonchev–Trinajstić information content (AvgIpc) is 2.81. The minimum atomic E-state index is -0.520. The molecular weight excluding hydrogens is 332 g/mol. The van der Waals surface area contributed by atoms with Crippen LogP contribution in [-0.2, 0) is 6.42 Å². The lowest BCUT2D eigenvalue weighted by Gasteiger charge is -2.16. The van der Waals surface area contributed by atoms with E-state index in [1.807, 2.05) is 19.1 Å². The van der Waals surface area contributed by atoms with E-state index in [0.717, 1.165) is 4.88 Å². The first-order valence-corrected chi connectivity index (χ1v) is 7.50. The lowest BCUT2D eigenvalue weighted by atomic mass is 10.0. The number of thiophene rings is 1. The number of hydrogen-bond acceptors (Lipinski definition) is 2. The number of likely N-dealkylation sites (N-methyl/N-ethyl adjacent to an activating group) is 1. The summed E-state index contributed by atoms with van der Waals surface area (Å²) in [5.74, 6) is -1.03. The Labute approximate surface area is 123 Å². The van der Waals surface area contributed by atoms with E-state index in [9.17, 15) is 8.78 Å². The largest absolute Gasteiger partial charge is 0.312 e. The number of halogens is 3. The highest BCUT2D eigenvalue weighted by Gasteiger charge is 2.19. The zero-order valence-electron chi connectivity index (χ0n) is 10.6. The van der Waals surface area contributed by atoms with Gasteiger partial charge in [0.15, 0.2) is 0 Å². The molecule has 0 aliphatic carbocycles. The summed E-state index contributed by atoms with van der Waals surface area (Å²) in [7, 11) is 1.80. The highest BCUT2D eigenvalue weighted by molar-refractivity contribution is 9.10. The standard InChI is InChI=1S/C14H14BrF2NS/c1-8-3-6-13(19-8)12(18-2)7-9-11(16)5-4-10(15)14(9)17/h3-6,12,18H,7H2,1-2H3. The van der Waals surface area contributed by atoms with Gasteiger partial charge in [-0.3, -0.25) is 0 Å². The van der Waals surface area contributed by atoms with Gasteiger partial charge in [-0.25, -0.2) is 8.78 Å². The van der Waals surface area contributed by atoms with Gasteiger partial charge in [0.1, 0.15) is 11.6 Å². The van der Waals surface area contributed by atoms with Crippen molar-refractivity contribution in [1.29, 1.82) is 0 Å². The maximum atomic E-state index is 14.0. The summed E-state index contributed by atoms with van der Waals surface area (Å²) in [6.07, 6.45) is 0.285. The third-order valence-electron chi connectivity index (χ3n) is 3.00. The van der Waals surface area contributed by atoms with Gasteiger partial charge in [-0.1, -0.05) is 0 Å². The molecule has 0 saturated carbocycles. The van der Waals surface area contributed by atoms with Crippen LogP contribution in [-0.4, -0.2) is 7.05 Å². The Bertz CT molecular complexity index is 583. The second-order valence-corrected chi connectivity index (χ2v) is 6.49. The van der Waals surface area contributed by atoms with Crippen LogP contribution in [0.2, 0.25) is 0 Å². The van der Waals surface area contributed by atoms with Crippen molar-refractivity contribution in [2.45, 2.75) is 19.4 Å². The summed E-state index contributed by atoms with van der Waals surface area (Å²) >= 11 is 4.73. The fourth-order valence-electron chi connectivity index (χ4n) is 1.95. The molecule has 2 rings (SSSR count). The molecule has 2 aromatic rings. The van der Waals surface area contributed by atoms with E-state index >= 15 is 0 Å². The molecule has 0 bridgehead atoms. The highest BCUT2D eigenvalue weighted by atomic mass is 79.9. The molecule has 102 valence electrons. The van der Waals surface area contributed by atoms with E-state index in [4.69, 9.17) is 0 Å². The molecule has 0 fully saturated rings. The first kappa shape index (κ1) is 14.6. The third-order valence-corrected chi connectivity index (χ3v) is 4.73. The molecule has 1 nitrogen and oxygen atoms in total. The molecule has 1 aromatic heterocycles. The Kier molecular flexibility index (Phi) is 4.71. The third kappa shape index (κ3) is 3.22. The minimum absolute atomic E-state index is 0.0861. The summed E-state index contributed by atoms with van der Waals surface area (Å²) in [5, 5.41) is 3.12. The Balaban J connectivity index is 2.31. The van der Waals surface area contributed by atoms with Crippen LogP contribution >= 0.6 is 27.3 Å². The van der Waals surface area contributed by atoms with E-state index in [-0.39, 0.29) is 18.0 Å². The molecule has 0 amide bonds. The fraction of sp³-hybridized carbons (Fsp3) is 0.286. The maximum Gasteiger partial charge on any atom is 0.143 e. The van der Waals surface area contributed by atoms with Crippen molar-refractivity contribution in [2.75, 3.05) is 7.05 Å². The Morgan fingerprint density at radius 2 is 2.00 bits per heavy atom. The van der Waals surface area contributed by atoms with E-state index in [2.05, 4.69) is 21.2 Å². The van der Waals surface area contributed by atoms with Crippen LogP contribution < -0.4 is 5.32 Å². The van der Waals surface area contributed by atoms with Crippen LogP contribution in [0.3, 0.4) is 0 Å². The average molecular weight is 346 g/mol. The zero-order valence-corrected chi connectivity index (χ0v) is 13.0. The van der Waals surface area contributed by atoms with Crippen LogP contribution in [0, 0.1) is 18.6 Å². The SMILES string of the molecule is CNC(Cc1c(F)ccc(Br)c1F)c1ccc(C)s1. The molecule has 1 aromatic carbocycles. The molecule has 5 heteroatoms. The van der Waals surface area contributed by atoms with Gasteiger partial charge in [-0.15, -0.1) is 11.3 Å². The molecule has 1 unspecified atom stereocenters. The fourth-order valence-corrected chi connectivity index (χ4v) is 3.30. The smallest absolute Gasteiger partial charge is 0.143 e. The topological polar surface area (TPSA) is 12.0 Å². The predicted molar refractivity (Wildman–Crippen MR) is 78.6 cm³/mol. The quantitative estimate of drug-likeness (QED) is 0.798. The second-order valence-electron chi connectivity index (χ2n) is 4.32. The predicted octanol–water partition coefficient (Wildman–Crippen LogP) is 4.60. The minimum Gasteiger partial charge on any atom is -0.312 e. The number of hydrogen-bond donors (Lipinski definition) is 1. The number of rotatable bonds is 4. The van der Waals surface area contributed by atoms with Gasteiger partial charge in [-0.2, -0.15) is 0 Å². The van der Waals surface area contributed by atoms with Gasteiger partial charge in [0.05, 0.1) is 4.47 Å². The van der Waals surface area contributed by atoms with E-state index in [0.29, 0.717) is 4.47 Å². The second kappa shape index (κ2) is 6.11. The lowest BCUT2D eigenvalue weighted by molar-refractivity contribution is 0.516. The molecule has 0 spiro atoms. The molecule has 0 aliphatic heterocycles. The molecule has 1 heterocycles. The number of benzene rings is 1. The van der Waals surface area contributed by atoms with Gasteiger partial charge in [-0.05, 0) is 60.6 Å². The van der Waals surface area contributed by atoms with Crippen molar-refractivity contribution in [3.63, 3.8) is 0 Å². The Hall–Kier alpha value is -0.780. The van der Waals surface area contributed by atoms with Crippen molar-refractivity contribution in [3.8, 4) is 0 Å². The monoisotopic (exact) mass is 345 g/mol. The van der Waals surface area contributed by atoms with E-state index < -0.39 is 11.6 Å². The first-order chi connectivity index (χ1) is 9.02. The Morgan fingerprint density at radius 1 is 1.26 bits per heavy atom. The van der Waals surface area contributed by atoms with Gasteiger partial charge >= 0.3 is 0 Å². The maximum absolute atomic E-state index is 14.0. The van der Waals surface area contributed by atoms with Gasteiger partial charge < -0.3 is 5.32 Å². The molecule has 19 heavy (non-hydrogen) atoms. The molecule has 1 atom stereocenters. The van der Waals surface area contributed by atoms with Crippen LogP contribution in [0.15, 0.2) is 28.7 Å².